The lowest BCUT2D eigenvalue weighted by Gasteiger charge is -2.06. The number of nitriles is 2. The summed E-state index contributed by atoms with van der Waals surface area (Å²) in [5.74, 6) is -0.680. The summed E-state index contributed by atoms with van der Waals surface area (Å²) in [6.45, 7) is 3.41. The zero-order valence-corrected chi connectivity index (χ0v) is 10.2. The Kier molecular flexibility index (Phi) is 4.66. The van der Waals surface area contributed by atoms with Gasteiger partial charge in [0.05, 0.1) is 17.7 Å². The van der Waals surface area contributed by atoms with Crippen LogP contribution < -0.4 is 0 Å². The van der Waals surface area contributed by atoms with Gasteiger partial charge in [-0.05, 0) is 31.6 Å². The van der Waals surface area contributed by atoms with Gasteiger partial charge in [0.25, 0.3) is 0 Å². The molecule has 90 valence electrons. The summed E-state index contributed by atoms with van der Waals surface area (Å²) in [4.78, 5) is 11.6. The van der Waals surface area contributed by atoms with E-state index in [1.807, 2.05) is 6.07 Å². The van der Waals surface area contributed by atoms with Crippen molar-refractivity contribution >= 4 is 12.0 Å². The summed E-state index contributed by atoms with van der Waals surface area (Å²) < 4.78 is 4.94. The number of carbonyl (C=O) groups excluding carboxylic acids is 1. The lowest BCUT2D eigenvalue weighted by Crippen LogP contribution is -2.12. The van der Waals surface area contributed by atoms with Crippen molar-refractivity contribution in [1.82, 2.24) is 0 Å². The summed E-state index contributed by atoms with van der Waals surface area (Å²) in [5.41, 5.74) is 0.811. The van der Waals surface area contributed by atoms with Crippen LogP contribution in [-0.2, 0) is 9.53 Å². The van der Waals surface area contributed by atoms with E-state index >= 15 is 0 Å². The molecule has 0 aliphatic heterocycles. The van der Waals surface area contributed by atoms with Crippen LogP contribution in [0.15, 0.2) is 29.8 Å². The number of ether oxygens (including phenoxy) is 1. The summed E-state index contributed by atoms with van der Waals surface area (Å²) >= 11 is 0. The zero-order valence-electron chi connectivity index (χ0n) is 10.2. The summed E-state index contributed by atoms with van der Waals surface area (Å²) in [5, 5.41) is 17.8. The molecule has 4 heteroatoms. The summed E-state index contributed by atoms with van der Waals surface area (Å²) in [6, 6.07) is 10.5. The van der Waals surface area contributed by atoms with Gasteiger partial charge in [-0.3, -0.25) is 0 Å². The lowest BCUT2D eigenvalue weighted by molar-refractivity contribution is -0.142. The Morgan fingerprint density at radius 2 is 2.00 bits per heavy atom. The first kappa shape index (κ1) is 13.5. The maximum absolute atomic E-state index is 11.6. The molecule has 0 spiro atoms. The highest BCUT2D eigenvalue weighted by Gasteiger charge is 2.13. The van der Waals surface area contributed by atoms with Gasteiger partial charge in [-0.1, -0.05) is 18.2 Å². The largest absolute Gasteiger partial charge is 0.459 e. The van der Waals surface area contributed by atoms with Crippen molar-refractivity contribution in [3.8, 4) is 12.1 Å². The molecule has 0 N–H and O–H groups in total. The highest BCUT2D eigenvalue weighted by Crippen LogP contribution is 2.13. The standard InChI is InChI=1S/C14H12N2O2/c1-10(2)18-14(17)13(9-16)7-11-5-3-4-6-12(11)8-15/h3-7,10H,1-2H3/b13-7+. The van der Waals surface area contributed by atoms with Gasteiger partial charge in [0.2, 0.25) is 0 Å². The molecule has 1 aromatic carbocycles. The van der Waals surface area contributed by atoms with E-state index < -0.39 is 5.97 Å². The van der Waals surface area contributed by atoms with E-state index in [0.717, 1.165) is 0 Å². The molecule has 1 aromatic rings. The topological polar surface area (TPSA) is 73.9 Å². The monoisotopic (exact) mass is 240 g/mol. The fraction of sp³-hybridized carbons (Fsp3) is 0.214. The summed E-state index contributed by atoms with van der Waals surface area (Å²) in [6.07, 6.45) is 1.07. The minimum Gasteiger partial charge on any atom is -0.459 e. The van der Waals surface area contributed by atoms with Crippen molar-refractivity contribution in [2.75, 3.05) is 0 Å². The van der Waals surface area contributed by atoms with Gasteiger partial charge in [-0.25, -0.2) is 4.79 Å². The van der Waals surface area contributed by atoms with Crippen LogP contribution in [0, 0.1) is 22.7 Å². The second kappa shape index (κ2) is 6.22. The first-order chi connectivity index (χ1) is 8.58. The predicted octanol–water partition coefficient (Wildman–Crippen LogP) is 2.42. The molecule has 0 aliphatic rings. The molecule has 0 bridgehead atoms. The molecule has 0 saturated carbocycles. The fourth-order valence-corrected chi connectivity index (χ4v) is 1.29. The average molecular weight is 240 g/mol. The van der Waals surface area contributed by atoms with Gasteiger partial charge in [0, 0.05) is 0 Å². The Hall–Kier alpha value is -2.59. The third-order valence-electron chi connectivity index (χ3n) is 2.06. The van der Waals surface area contributed by atoms with E-state index in [1.165, 1.54) is 6.08 Å². The van der Waals surface area contributed by atoms with Gasteiger partial charge in [0.15, 0.2) is 0 Å². The normalized spacial score (nSPS) is 10.6. The first-order valence-corrected chi connectivity index (χ1v) is 5.40. The van der Waals surface area contributed by atoms with Gasteiger partial charge >= 0.3 is 5.97 Å². The zero-order chi connectivity index (χ0) is 13.5. The van der Waals surface area contributed by atoms with E-state index in [4.69, 9.17) is 15.3 Å². The molecule has 0 aromatic heterocycles. The molecule has 0 aliphatic carbocycles. The Balaban J connectivity index is 3.10. The van der Waals surface area contributed by atoms with Crippen LogP contribution in [-0.4, -0.2) is 12.1 Å². The molecular formula is C14H12N2O2. The SMILES string of the molecule is CC(C)OC(=O)/C(C#N)=C/c1ccccc1C#N. The van der Waals surface area contributed by atoms with E-state index in [2.05, 4.69) is 0 Å². The Morgan fingerprint density at radius 3 is 2.56 bits per heavy atom. The smallest absolute Gasteiger partial charge is 0.349 e. The van der Waals surface area contributed by atoms with Crippen LogP contribution in [0.1, 0.15) is 25.0 Å². The maximum Gasteiger partial charge on any atom is 0.349 e. The van der Waals surface area contributed by atoms with Gasteiger partial charge < -0.3 is 4.74 Å². The lowest BCUT2D eigenvalue weighted by atomic mass is 10.1. The van der Waals surface area contributed by atoms with Crippen molar-refractivity contribution < 1.29 is 9.53 Å². The van der Waals surface area contributed by atoms with Crippen LogP contribution in [0.4, 0.5) is 0 Å². The van der Waals surface area contributed by atoms with Crippen LogP contribution in [0.5, 0.6) is 0 Å². The molecule has 0 unspecified atom stereocenters. The van der Waals surface area contributed by atoms with Crippen molar-refractivity contribution in [2.45, 2.75) is 20.0 Å². The molecule has 4 nitrogen and oxygen atoms in total. The average Bonchev–Trinajstić information content (AvgIpc) is 2.35. The Bertz CT molecular complexity index is 560. The number of hydrogen-bond donors (Lipinski definition) is 0. The molecule has 18 heavy (non-hydrogen) atoms. The molecule has 0 radical (unpaired) electrons. The van der Waals surface area contributed by atoms with E-state index in [1.54, 1.807) is 44.2 Å². The quantitative estimate of drug-likeness (QED) is 0.462. The number of nitrogens with zero attached hydrogens (tertiary/aromatic N) is 2. The van der Waals surface area contributed by atoms with E-state index in [9.17, 15) is 4.79 Å². The van der Waals surface area contributed by atoms with Crippen LogP contribution in [0.3, 0.4) is 0 Å². The second-order valence-electron chi connectivity index (χ2n) is 3.82. The van der Waals surface area contributed by atoms with Crippen molar-refractivity contribution in [3.63, 3.8) is 0 Å². The van der Waals surface area contributed by atoms with Crippen molar-refractivity contribution in [3.05, 3.63) is 41.0 Å². The Labute approximate surface area is 106 Å². The molecule has 0 heterocycles. The van der Waals surface area contributed by atoms with Crippen LogP contribution in [0.25, 0.3) is 6.08 Å². The summed E-state index contributed by atoms with van der Waals surface area (Å²) in [7, 11) is 0. The fourth-order valence-electron chi connectivity index (χ4n) is 1.29. The van der Waals surface area contributed by atoms with Crippen molar-refractivity contribution in [1.29, 1.82) is 10.5 Å². The minimum atomic E-state index is -0.680. The highest BCUT2D eigenvalue weighted by atomic mass is 16.5. The number of esters is 1. The number of hydrogen-bond acceptors (Lipinski definition) is 4. The van der Waals surface area contributed by atoms with Crippen LogP contribution in [0.2, 0.25) is 0 Å². The minimum absolute atomic E-state index is 0.119. The molecule has 1 rings (SSSR count). The Morgan fingerprint density at radius 1 is 1.33 bits per heavy atom. The van der Waals surface area contributed by atoms with Crippen LogP contribution >= 0.6 is 0 Å². The number of rotatable bonds is 3. The van der Waals surface area contributed by atoms with E-state index in [0.29, 0.717) is 11.1 Å². The third-order valence-corrected chi connectivity index (χ3v) is 2.06. The molecule has 0 atom stereocenters. The highest BCUT2D eigenvalue weighted by molar-refractivity contribution is 5.98. The van der Waals surface area contributed by atoms with E-state index in [-0.39, 0.29) is 11.7 Å². The number of carbonyl (C=O) groups is 1. The molecule has 0 amide bonds. The maximum atomic E-state index is 11.6. The van der Waals surface area contributed by atoms with Gasteiger partial charge in [-0.15, -0.1) is 0 Å². The van der Waals surface area contributed by atoms with Gasteiger partial charge in [0.1, 0.15) is 11.6 Å². The first-order valence-electron chi connectivity index (χ1n) is 5.40. The third kappa shape index (κ3) is 3.47. The second-order valence-corrected chi connectivity index (χ2v) is 3.82. The molecular weight excluding hydrogens is 228 g/mol. The number of benzene rings is 1. The molecule has 0 fully saturated rings. The van der Waals surface area contributed by atoms with Crippen molar-refractivity contribution in [2.24, 2.45) is 0 Å². The van der Waals surface area contributed by atoms with Gasteiger partial charge in [-0.2, -0.15) is 10.5 Å². The predicted molar refractivity (Wildman–Crippen MR) is 66.0 cm³/mol. The molecule has 0 saturated heterocycles.